The van der Waals surface area contributed by atoms with E-state index in [9.17, 15) is 5.11 Å². The van der Waals surface area contributed by atoms with Crippen molar-refractivity contribution in [2.45, 2.75) is 5.60 Å². The minimum atomic E-state index is -0.826. The van der Waals surface area contributed by atoms with Crippen LogP contribution in [0.15, 0.2) is 16.5 Å². The van der Waals surface area contributed by atoms with Gasteiger partial charge in [-0.1, -0.05) is 0 Å². The summed E-state index contributed by atoms with van der Waals surface area (Å²) in [6.45, 7) is 1.08. The molecule has 3 nitrogen and oxygen atoms in total. The van der Waals surface area contributed by atoms with Crippen molar-refractivity contribution >= 4 is 11.6 Å². The van der Waals surface area contributed by atoms with Gasteiger partial charge in [-0.3, -0.25) is 0 Å². The van der Waals surface area contributed by atoms with Crippen LogP contribution in [-0.4, -0.2) is 18.2 Å². The molecule has 2 rings (SSSR count). The number of hydrogen-bond donors (Lipinski definition) is 2. The predicted molar refractivity (Wildman–Crippen MR) is 40.5 cm³/mol. The van der Waals surface area contributed by atoms with Crippen molar-refractivity contribution < 1.29 is 9.52 Å². The molecule has 60 valence electrons. The van der Waals surface area contributed by atoms with Crippen molar-refractivity contribution in [3.8, 4) is 0 Å². The molecule has 1 fully saturated rings. The van der Waals surface area contributed by atoms with Crippen LogP contribution in [0.5, 0.6) is 0 Å². The number of furan rings is 1. The summed E-state index contributed by atoms with van der Waals surface area (Å²) in [5, 5.41) is 13.0. The Morgan fingerprint density at radius 3 is 2.64 bits per heavy atom. The quantitative estimate of drug-likeness (QED) is 0.658. The maximum atomic E-state index is 9.68. The van der Waals surface area contributed by atoms with Crippen molar-refractivity contribution in [2.24, 2.45) is 0 Å². The van der Waals surface area contributed by atoms with Gasteiger partial charge in [-0.25, -0.2) is 0 Å². The maximum absolute atomic E-state index is 9.68. The molecule has 2 heterocycles. The van der Waals surface area contributed by atoms with Crippen LogP contribution in [-0.2, 0) is 5.60 Å². The Kier molecular flexibility index (Phi) is 1.45. The van der Waals surface area contributed by atoms with Gasteiger partial charge in [-0.15, -0.1) is 0 Å². The van der Waals surface area contributed by atoms with Gasteiger partial charge in [0, 0.05) is 13.1 Å². The summed E-state index contributed by atoms with van der Waals surface area (Å²) in [6.07, 6.45) is 0. The molecule has 0 aromatic carbocycles. The molecule has 0 saturated carbocycles. The normalized spacial score (nSPS) is 21.3. The summed E-state index contributed by atoms with van der Waals surface area (Å²) in [4.78, 5) is 0. The lowest BCUT2D eigenvalue weighted by Gasteiger charge is -2.35. The second-order valence-corrected chi connectivity index (χ2v) is 3.11. The van der Waals surface area contributed by atoms with E-state index in [0.29, 0.717) is 24.1 Å². The van der Waals surface area contributed by atoms with Crippen LogP contribution < -0.4 is 5.32 Å². The molecule has 1 aliphatic rings. The average Bonchev–Trinajstić information content (AvgIpc) is 2.31. The summed E-state index contributed by atoms with van der Waals surface area (Å²) in [7, 11) is 0. The largest absolute Gasteiger partial charge is 0.447 e. The van der Waals surface area contributed by atoms with Gasteiger partial charge >= 0.3 is 0 Å². The van der Waals surface area contributed by atoms with E-state index in [4.69, 9.17) is 16.0 Å². The van der Waals surface area contributed by atoms with Gasteiger partial charge in [0.15, 0.2) is 5.22 Å². The Morgan fingerprint density at radius 2 is 2.27 bits per heavy atom. The van der Waals surface area contributed by atoms with Crippen molar-refractivity contribution in [2.75, 3.05) is 13.1 Å². The lowest BCUT2D eigenvalue weighted by molar-refractivity contribution is -0.0331. The zero-order valence-electron chi connectivity index (χ0n) is 5.80. The highest BCUT2D eigenvalue weighted by Crippen LogP contribution is 2.28. The molecular formula is C7H8ClNO2. The van der Waals surface area contributed by atoms with Crippen LogP contribution in [0.3, 0.4) is 0 Å². The third-order valence-electron chi connectivity index (χ3n) is 1.87. The Balaban J connectivity index is 2.28. The Morgan fingerprint density at radius 1 is 1.55 bits per heavy atom. The molecule has 11 heavy (non-hydrogen) atoms. The molecule has 0 spiro atoms. The van der Waals surface area contributed by atoms with Crippen LogP contribution in [0.25, 0.3) is 0 Å². The monoisotopic (exact) mass is 173 g/mol. The van der Waals surface area contributed by atoms with Gasteiger partial charge in [0.2, 0.25) is 0 Å². The highest BCUT2D eigenvalue weighted by Gasteiger charge is 2.39. The van der Waals surface area contributed by atoms with Crippen LogP contribution in [0.2, 0.25) is 5.22 Å². The zero-order valence-corrected chi connectivity index (χ0v) is 6.56. The van der Waals surface area contributed by atoms with Gasteiger partial charge in [0.05, 0.1) is 0 Å². The fourth-order valence-corrected chi connectivity index (χ4v) is 1.25. The molecule has 2 N–H and O–H groups in total. The summed E-state index contributed by atoms with van der Waals surface area (Å²) in [5.41, 5.74) is -0.826. The SMILES string of the molecule is OC1(c2ccc(Cl)o2)CNC1. The Bertz CT molecular complexity index is 267. The van der Waals surface area contributed by atoms with E-state index in [0.717, 1.165) is 0 Å². The smallest absolute Gasteiger partial charge is 0.193 e. The topological polar surface area (TPSA) is 45.4 Å². The first-order valence-electron chi connectivity index (χ1n) is 3.40. The van der Waals surface area contributed by atoms with E-state index < -0.39 is 5.60 Å². The van der Waals surface area contributed by atoms with Crippen molar-refractivity contribution in [1.82, 2.24) is 5.32 Å². The predicted octanol–water partition coefficient (Wildman–Crippen LogP) is 0.724. The maximum Gasteiger partial charge on any atom is 0.193 e. The van der Waals surface area contributed by atoms with Crippen LogP contribution in [0.1, 0.15) is 5.76 Å². The molecule has 4 heteroatoms. The number of aliphatic hydroxyl groups is 1. The summed E-state index contributed by atoms with van der Waals surface area (Å²) in [6, 6.07) is 3.33. The summed E-state index contributed by atoms with van der Waals surface area (Å²) < 4.78 is 5.07. The van der Waals surface area contributed by atoms with Gasteiger partial charge in [0.1, 0.15) is 11.4 Å². The summed E-state index contributed by atoms with van der Waals surface area (Å²) >= 11 is 5.55. The standard InChI is InChI=1S/C7H8ClNO2/c8-6-2-1-5(11-6)7(10)3-9-4-7/h1-2,9-10H,3-4H2. The van der Waals surface area contributed by atoms with E-state index >= 15 is 0 Å². The molecule has 1 aliphatic heterocycles. The van der Waals surface area contributed by atoms with Crippen LogP contribution >= 0.6 is 11.6 Å². The number of β-amino-alcohol motifs (C(OH)–C–C–N with tert-alkyl or cyclic N) is 1. The van der Waals surface area contributed by atoms with Crippen molar-refractivity contribution in [1.29, 1.82) is 0 Å². The fourth-order valence-electron chi connectivity index (χ4n) is 1.10. The van der Waals surface area contributed by atoms with Gasteiger partial charge in [-0.2, -0.15) is 0 Å². The average molecular weight is 174 g/mol. The second-order valence-electron chi connectivity index (χ2n) is 2.74. The summed E-state index contributed by atoms with van der Waals surface area (Å²) in [5.74, 6) is 0.543. The molecule has 1 aromatic rings. The minimum absolute atomic E-state index is 0.320. The number of halogens is 1. The highest BCUT2D eigenvalue weighted by molar-refractivity contribution is 6.28. The molecule has 0 radical (unpaired) electrons. The molecule has 0 bridgehead atoms. The van der Waals surface area contributed by atoms with Crippen LogP contribution in [0, 0.1) is 0 Å². The lowest BCUT2D eigenvalue weighted by atomic mass is 9.94. The second kappa shape index (κ2) is 2.24. The number of nitrogens with one attached hydrogen (secondary N) is 1. The molecule has 0 unspecified atom stereocenters. The van der Waals surface area contributed by atoms with Gasteiger partial charge in [-0.05, 0) is 23.7 Å². The molecule has 0 atom stereocenters. The van der Waals surface area contributed by atoms with Crippen molar-refractivity contribution in [3.05, 3.63) is 23.1 Å². The van der Waals surface area contributed by atoms with E-state index in [1.165, 1.54) is 0 Å². The first-order valence-corrected chi connectivity index (χ1v) is 3.77. The molecule has 0 amide bonds. The van der Waals surface area contributed by atoms with E-state index in [-0.39, 0.29) is 0 Å². The zero-order chi connectivity index (χ0) is 7.90. The third-order valence-corrected chi connectivity index (χ3v) is 2.07. The van der Waals surface area contributed by atoms with Crippen molar-refractivity contribution in [3.63, 3.8) is 0 Å². The minimum Gasteiger partial charge on any atom is -0.447 e. The van der Waals surface area contributed by atoms with E-state index in [1.54, 1.807) is 12.1 Å². The van der Waals surface area contributed by atoms with E-state index in [1.807, 2.05) is 0 Å². The van der Waals surface area contributed by atoms with Crippen LogP contribution in [0.4, 0.5) is 0 Å². The number of hydrogen-bond acceptors (Lipinski definition) is 3. The molecule has 1 saturated heterocycles. The van der Waals surface area contributed by atoms with Gasteiger partial charge < -0.3 is 14.8 Å². The molecular weight excluding hydrogens is 166 g/mol. The first-order chi connectivity index (χ1) is 5.21. The van der Waals surface area contributed by atoms with Gasteiger partial charge in [0.25, 0.3) is 0 Å². The Labute approximate surface area is 69.0 Å². The number of rotatable bonds is 1. The first kappa shape index (κ1) is 7.16. The Hall–Kier alpha value is -0.510. The molecule has 1 aromatic heterocycles. The van der Waals surface area contributed by atoms with E-state index in [2.05, 4.69) is 5.32 Å². The third kappa shape index (κ3) is 1.05. The molecule has 0 aliphatic carbocycles. The highest BCUT2D eigenvalue weighted by atomic mass is 35.5. The fraction of sp³-hybridized carbons (Fsp3) is 0.429. The lowest BCUT2D eigenvalue weighted by Crippen LogP contribution is -2.56.